The standard InChI is InChI=1S/C23H17FN2O3/c24-15-11-9-14(10-12-15)22-21(16-5-1-3-7-18(16)26-22)19(27)13-29-20-8-4-2-6-17(20)23(25)28/h1-12,26H,13H2,(H2,25,28). The SMILES string of the molecule is NC(=O)c1ccccc1OCC(=O)c1c(-c2ccc(F)cc2)[nH]c2ccccc12. The van der Waals surface area contributed by atoms with Gasteiger partial charge < -0.3 is 15.5 Å². The maximum atomic E-state index is 13.3. The van der Waals surface area contributed by atoms with Crippen LogP contribution in [-0.4, -0.2) is 23.3 Å². The van der Waals surface area contributed by atoms with E-state index in [4.69, 9.17) is 10.5 Å². The number of carbonyl (C=O) groups is 2. The molecule has 3 aromatic carbocycles. The van der Waals surface area contributed by atoms with E-state index in [1.807, 2.05) is 24.3 Å². The minimum atomic E-state index is -0.632. The molecule has 1 aromatic heterocycles. The van der Waals surface area contributed by atoms with Gasteiger partial charge in [-0.1, -0.05) is 30.3 Å². The molecule has 3 N–H and O–H groups in total. The average Bonchev–Trinajstić information content (AvgIpc) is 3.12. The van der Waals surface area contributed by atoms with Crippen molar-refractivity contribution in [1.29, 1.82) is 0 Å². The second-order valence-corrected chi connectivity index (χ2v) is 6.50. The fraction of sp³-hybridized carbons (Fsp3) is 0.0435. The predicted octanol–water partition coefficient (Wildman–Crippen LogP) is 4.33. The largest absolute Gasteiger partial charge is 0.485 e. The zero-order valence-electron chi connectivity index (χ0n) is 15.3. The third-order valence-electron chi connectivity index (χ3n) is 4.63. The number of primary amides is 1. The maximum Gasteiger partial charge on any atom is 0.252 e. The topological polar surface area (TPSA) is 85.2 Å². The minimum Gasteiger partial charge on any atom is -0.485 e. The molecule has 4 aromatic rings. The lowest BCUT2D eigenvalue weighted by Gasteiger charge is -2.10. The molecule has 0 atom stereocenters. The highest BCUT2D eigenvalue weighted by Gasteiger charge is 2.21. The van der Waals surface area contributed by atoms with Gasteiger partial charge in [0, 0.05) is 10.9 Å². The lowest BCUT2D eigenvalue weighted by atomic mass is 10.0. The molecule has 0 bridgehead atoms. The van der Waals surface area contributed by atoms with Crippen LogP contribution < -0.4 is 10.5 Å². The molecule has 0 aliphatic carbocycles. The Morgan fingerprint density at radius 2 is 1.62 bits per heavy atom. The molecule has 4 rings (SSSR count). The summed E-state index contributed by atoms with van der Waals surface area (Å²) in [6.45, 7) is -0.277. The quantitative estimate of drug-likeness (QED) is 0.482. The van der Waals surface area contributed by atoms with Crippen LogP contribution in [0.15, 0.2) is 72.8 Å². The van der Waals surface area contributed by atoms with E-state index in [1.54, 1.807) is 30.3 Å². The second-order valence-electron chi connectivity index (χ2n) is 6.50. The maximum absolute atomic E-state index is 13.3. The molecule has 0 spiro atoms. The van der Waals surface area contributed by atoms with Crippen molar-refractivity contribution in [2.45, 2.75) is 0 Å². The smallest absolute Gasteiger partial charge is 0.252 e. The number of amides is 1. The van der Waals surface area contributed by atoms with Crippen LogP contribution in [0.2, 0.25) is 0 Å². The van der Waals surface area contributed by atoms with Crippen LogP contribution >= 0.6 is 0 Å². The first-order valence-electron chi connectivity index (χ1n) is 8.96. The van der Waals surface area contributed by atoms with Crippen LogP contribution in [0.25, 0.3) is 22.2 Å². The van der Waals surface area contributed by atoms with E-state index in [0.717, 1.165) is 10.9 Å². The molecule has 5 nitrogen and oxygen atoms in total. The summed E-state index contributed by atoms with van der Waals surface area (Å²) in [5.74, 6) is -1.02. The molecule has 144 valence electrons. The van der Waals surface area contributed by atoms with E-state index in [9.17, 15) is 14.0 Å². The minimum absolute atomic E-state index is 0.206. The molecule has 0 unspecified atom stereocenters. The van der Waals surface area contributed by atoms with Crippen LogP contribution in [0.4, 0.5) is 4.39 Å². The van der Waals surface area contributed by atoms with Crippen LogP contribution in [0, 0.1) is 5.82 Å². The summed E-state index contributed by atoms with van der Waals surface area (Å²) in [4.78, 5) is 27.9. The van der Waals surface area contributed by atoms with Crippen LogP contribution in [0.5, 0.6) is 5.75 Å². The Labute approximate surface area is 165 Å². The van der Waals surface area contributed by atoms with E-state index in [-0.39, 0.29) is 29.5 Å². The van der Waals surface area contributed by atoms with E-state index in [0.29, 0.717) is 16.8 Å². The van der Waals surface area contributed by atoms with Gasteiger partial charge in [0.1, 0.15) is 11.6 Å². The molecular weight excluding hydrogens is 371 g/mol. The fourth-order valence-electron chi connectivity index (χ4n) is 3.28. The molecule has 0 saturated heterocycles. The molecule has 0 fully saturated rings. The molecule has 0 aliphatic rings. The van der Waals surface area contributed by atoms with Crippen molar-refractivity contribution in [2.75, 3.05) is 6.61 Å². The number of benzene rings is 3. The number of para-hydroxylation sites is 2. The first kappa shape index (κ1) is 18.4. The highest BCUT2D eigenvalue weighted by molar-refractivity contribution is 6.14. The zero-order valence-corrected chi connectivity index (χ0v) is 15.3. The summed E-state index contributed by atoms with van der Waals surface area (Å²) in [6, 6.07) is 19.8. The lowest BCUT2D eigenvalue weighted by molar-refractivity contribution is 0.0914. The van der Waals surface area contributed by atoms with Gasteiger partial charge >= 0.3 is 0 Å². The van der Waals surface area contributed by atoms with E-state index in [2.05, 4.69) is 4.98 Å². The highest BCUT2D eigenvalue weighted by atomic mass is 19.1. The number of nitrogens with two attached hydrogens (primary N) is 1. The number of Topliss-reactive ketones (excluding diaryl/α,β-unsaturated/α-hetero) is 1. The molecule has 0 radical (unpaired) electrons. The van der Waals surface area contributed by atoms with Crippen LogP contribution in [-0.2, 0) is 0 Å². The van der Waals surface area contributed by atoms with Gasteiger partial charge in [-0.25, -0.2) is 4.39 Å². The number of carbonyl (C=O) groups excluding carboxylic acids is 2. The second kappa shape index (κ2) is 7.59. The monoisotopic (exact) mass is 388 g/mol. The van der Waals surface area contributed by atoms with Gasteiger partial charge in [0.25, 0.3) is 5.91 Å². The highest BCUT2D eigenvalue weighted by Crippen LogP contribution is 2.31. The van der Waals surface area contributed by atoms with Crippen molar-refractivity contribution in [3.8, 4) is 17.0 Å². The molecule has 6 heteroatoms. The number of ketones is 1. The number of nitrogens with one attached hydrogen (secondary N) is 1. The van der Waals surface area contributed by atoms with E-state index >= 15 is 0 Å². The first-order valence-corrected chi connectivity index (χ1v) is 8.96. The average molecular weight is 388 g/mol. The van der Waals surface area contributed by atoms with Crippen molar-refractivity contribution in [3.63, 3.8) is 0 Å². The third kappa shape index (κ3) is 3.60. The number of hydrogen-bond acceptors (Lipinski definition) is 3. The number of ether oxygens (including phenoxy) is 1. The number of aromatic amines is 1. The van der Waals surface area contributed by atoms with E-state index < -0.39 is 5.91 Å². The molecule has 29 heavy (non-hydrogen) atoms. The van der Waals surface area contributed by atoms with Crippen molar-refractivity contribution in [2.24, 2.45) is 5.73 Å². The van der Waals surface area contributed by atoms with Gasteiger partial charge in [-0.05, 0) is 48.0 Å². The van der Waals surface area contributed by atoms with Gasteiger partial charge in [-0.2, -0.15) is 0 Å². The Balaban J connectivity index is 1.71. The summed E-state index contributed by atoms with van der Waals surface area (Å²) in [6.07, 6.45) is 0. The van der Waals surface area contributed by atoms with Crippen molar-refractivity contribution < 1.29 is 18.7 Å². The van der Waals surface area contributed by atoms with Gasteiger partial charge in [0.2, 0.25) is 5.78 Å². The van der Waals surface area contributed by atoms with Gasteiger partial charge in [-0.15, -0.1) is 0 Å². The number of hydrogen-bond donors (Lipinski definition) is 2. The molecule has 1 heterocycles. The Morgan fingerprint density at radius 3 is 2.38 bits per heavy atom. The Kier molecular flexibility index (Phi) is 4.83. The summed E-state index contributed by atoms with van der Waals surface area (Å²) >= 11 is 0. The normalized spacial score (nSPS) is 10.8. The zero-order chi connectivity index (χ0) is 20.4. The van der Waals surface area contributed by atoms with Crippen LogP contribution in [0.1, 0.15) is 20.7 Å². The predicted molar refractivity (Wildman–Crippen MR) is 108 cm³/mol. The molecule has 1 amide bonds. The van der Waals surface area contributed by atoms with Crippen molar-refractivity contribution >= 4 is 22.6 Å². The Hall–Kier alpha value is -3.93. The summed E-state index contributed by atoms with van der Waals surface area (Å²) < 4.78 is 19.0. The first-order chi connectivity index (χ1) is 14.0. The third-order valence-corrected chi connectivity index (χ3v) is 4.63. The van der Waals surface area contributed by atoms with Crippen LogP contribution in [0.3, 0.4) is 0 Å². The number of halogens is 1. The number of H-pyrrole nitrogens is 1. The van der Waals surface area contributed by atoms with Crippen molar-refractivity contribution in [1.82, 2.24) is 4.98 Å². The number of fused-ring (bicyclic) bond motifs is 1. The molecule has 0 aliphatic heterocycles. The van der Waals surface area contributed by atoms with Gasteiger partial charge in [0.05, 0.1) is 16.8 Å². The van der Waals surface area contributed by atoms with Gasteiger partial charge in [0.15, 0.2) is 6.61 Å². The van der Waals surface area contributed by atoms with Crippen molar-refractivity contribution in [3.05, 3.63) is 89.7 Å². The molecular formula is C23H17FN2O3. The Morgan fingerprint density at radius 1 is 0.931 bits per heavy atom. The van der Waals surface area contributed by atoms with Gasteiger partial charge in [-0.3, -0.25) is 9.59 Å². The van der Waals surface area contributed by atoms with E-state index in [1.165, 1.54) is 18.2 Å². The molecule has 0 saturated carbocycles. The number of aromatic nitrogens is 1. The number of rotatable bonds is 6. The fourth-order valence-corrected chi connectivity index (χ4v) is 3.28. The summed E-state index contributed by atoms with van der Waals surface area (Å²) in [5.41, 5.74) is 8.07. The lowest BCUT2D eigenvalue weighted by Crippen LogP contribution is -2.16. The summed E-state index contributed by atoms with van der Waals surface area (Å²) in [5, 5.41) is 0.739. The summed E-state index contributed by atoms with van der Waals surface area (Å²) in [7, 11) is 0. The Bertz CT molecular complexity index is 1210.